The zero-order chi connectivity index (χ0) is 12.0. The van der Waals surface area contributed by atoms with Crippen LogP contribution >= 0.6 is 0 Å². The van der Waals surface area contributed by atoms with E-state index < -0.39 is 6.10 Å². The molecule has 0 heterocycles. The van der Waals surface area contributed by atoms with Gasteiger partial charge in [0, 0.05) is 12.3 Å². The van der Waals surface area contributed by atoms with Gasteiger partial charge in [-0.05, 0) is 26.7 Å². The quantitative estimate of drug-likeness (QED) is 0.674. The van der Waals surface area contributed by atoms with E-state index in [4.69, 9.17) is 4.74 Å². The molecule has 16 heavy (non-hydrogen) atoms. The van der Waals surface area contributed by atoms with E-state index in [1.54, 1.807) is 0 Å². The van der Waals surface area contributed by atoms with Crippen LogP contribution in [0.4, 0.5) is 0 Å². The Kier molecular flexibility index (Phi) is 5.50. The number of hydrogen-bond donors (Lipinski definition) is 0. The smallest absolute Gasteiger partial charge is 0.306 e. The Morgan fingerprint density at radius 3 is 2.31 bits per heavy atom. The largest absolute Gasteiger partial charge is 0.462 e. The molecule has 3 heteroatoms. The van der Waals surface area contributed by atoms with E-state index in [2.05, 4.69) is 13.8 Å². The standard InChI is InChI=1S/C13H20O3/c1-10(2)16-13(15)9-8-12(14)11-6-4-3-5-7-11/h10-11H,1-9H2. The molecule has 1 rings (SSSR count). The highest BCUT2D eigenvalue weighted by Crippen LogP contribution is 2.25. The summed E-state index contributed by atoms with van der Waals surface area (Å²) in [6, 6.07) is 0. The van der Waals surface area contributed by atoms with Crippen LogP contribution in [-0.4, -0.2) is 17.9 Å². The molecule has 2 radical (unpaired) electrons. The van der Waals surface area contributed by atoms with Gasteiger partial charge in [-0.3, -0.25) is 9.59 Å². The van der Waals surface area contributed by atoms with Crippen molar-refractivity contribution in [2.24, 2.45) is 5.92 Å². The van der Waals surface area contributed by atoms with E-state index in [0.717, 1.165) is 25.7 Å². The molecule has 1 aliphatic carbocycles. The van der Waals surface area contributed by atoms with Crippen LogP contribution in [0.1, 0.15) is 44.9 Å². The first-order valence-corrected chi connectivity index (χ1v) is 5.98. The Balaban J connectivity index is 2.21. The molecule has 0 atom stereocenters. The van der Waals surface area contributed by atoms with Gasteiger partial charge in [0.15, 0.2) is 0 Å². The fraction of sp³-hybridized carbons (Fsp3) is 0.692. The Bertz CT molecular complexity index is 240. The van der Waals surface area contributed by atoms with E-state index in [-0.39, 0.29) is 24.1 Å². The normalized spacial score (nSPS) is 17.4. The summed E-state index contributed by atoms with van der Waals surface area (Å²) in [5, 5.41) is 0. The second-order valence-electron chi connectivity index (χ2n) is 4.41. The number of ketones is 1. The Hall–Kier alpha value is -0.860. The summed E-state index contributed by atoms with van der Waals surface area (Å²) in [6.07, 6.45) is 5.37. The maximum Gasteiger partial charge on any atom is 0.306 e. The molecule has 0 aromatic rings. The van der Waals surface area contributed by atoms with Crippen molar-refractivity contribution in [1.82, 2.24) is 0 Å². The second-order valence-corrected chi connectivity index (χ2v) is 4.41. The lowest BCUT2D eigenvalue weighted by Crippen LogP contribution is -2.20. The van der Waals surface area contributed by atoms with Gasteiger partial charge < -0.3 is 4.74 Å². The molecule has 0 saturated heterocycles. The summed E-state index contributed by atoms with van der Waals surface area (Å²) in [4.78, 5) is 22.9. The third-order valence-corrected chi connectivity index (χ3v) is 2.93. The van der Waals surface area contributed by atoms with Crippen molar-refractivity contribution in [3.63, 3.8) is 0 Å². The van der Waals surface area contributed by atoms with Gasteiger partial charge in [-0.2, -0.15) is 0 Å². The lowest BCUT2D eigenvalue weighted by Gasteiger charge is -2.20. The average molecular weight is 224 g/mol. The van der Waals surface area contributed by atoms with Gasteiger partial charge in [0.2, 0.25) is 0 Å². The molecule has 1 fully saturated rings. The first kappa shape index (κ1) is 13.2. The van der Waals surface area contributed by atoms with E-state index in [0.29, 0.717) is 6.42 Å². The number of rotatable bonds is 5. The predicted octanol–water partition coefficient (Wildman–Crippen LogP) is 2.50. The molecule has 90 valence electrons. The fourth-order valence-electron chi connectivity index (χ4n) is 2.10. The van der Waals surface area contributed by atoms with Crippen molar-refractivity contribution in [2.45, 2.75) is 51.0 Å². The Morgan fingerprint density at radius 2 is 1.75 bits per heavy atom. The number of carbonyl (C=O) groups excluding carboxylic acids is 2. The maximum absolute atomic E-state index is 11.7. The molecule has 0 N–H and O–H groups in total. The highest BCUT2D eigenvalue weighted by molar-refractivity contribution is 5.84. The maximum atomic E-state index is 11.7. The molecule has 1 saturated carbocycles. The lowest BCUT2D eigenvalue weighted by molar-refractivity contribution is -0.146. The van der Waals surface area contributed by atoms with Crippen molar-refractivity contribution in [3.8, 4) is 0 Å². The molecular weight excluding hydrogens is 204 g/mol. The zero-order valence-corrected chi connectivity index (χ0v) is 9.74. The number of carbonyl (C=O) groups is 2. The van der Waals surface area contributed by atoms with E-state index in [9.17, 15) is 9.59 Å². The highest BCUT2D eigenvalue weighted by atomic mass is 16.5. The van der Waals surface area contributed by atoms with E-state index >= 15 is 0 Å². The van der Waals surface area contributed by atoms with Crippen molar-refractivity contribution in [2.75, 3.05) is 0 Å². The molecule has 0 bridgehead atoms. The van der Waals surface area contributed by atoms with Gasteiger partial charge in [0.1, 0.15) is 11.9 Å². The number of Topliss-reactive ketones (excluding diaryl/α,β-unsaturated/α-hetero) is 1. The minimum absolute atomic E-state index is 0.164. The monoisotopic (exact) mass is 224 g/mol. The minimum atomic E-state index is -0.586. The predicted molar refractivity (Wildman–Crippen MR) is 61.4 cm³/mol. The first-order chi connectivity index (χ1) is 7.59. The SMILES string of the molecule is [CH2]C([CH2])OC(=O)CCC(=O)C1CCCCC1. The summed E-state index contributed by atoms with van der Waals surface area (Å²) >= 11 is 0. The van der Waals surface area contributed by atoms with Crippen LogP contribution < -0.4 is 0 Å². The van der Waals surface area contributed by atoms with Gasteiger partial charge in [-0.25, -0.2) is 0 Å². The molecule has 0 amide bonds. The molecule has 0 aromatic heterocycles. The minimum Gasteiger partial charge on any atom is -0.462 e. The van der Waals surface area contributed by atoms with Crippen LogP contribution in [0.25, 0.3) is 0 Å². The molecule has 0 aromatic carbocycles. The Labute approximate surface area is 97.5 Å². The van der Waals surface area contributed by atoms with Crippen molar-refractivity contribution >= 4 is 11.8 Å². The van der Waals surface area contributed by atoms with Crippen molar-refractivity contribution < 1.29 is 14.3 Å². The van der Waals surface area contributed by atoms with Crippen LogP contribution in [-0.2, 0) is 14.3 Å². The van der Waals surface area contributed by atoms with Crippen molar-refractivity contribution in [1.29, 1.82) is 0 Å². The highest BCUT2D eigenvalue weighted by Gasteiger charge is 2.21. The van der Waals surface area contributed by atoms with Crippen molar-refractivity contribution in [3.05, 3.63) is 13.8 Å². The summed E-state index contributed by atoms with van der Waals surface area (Å²) in [5.41, 5.74) is 0. The molecule has 0 spiro atoms. The van der Waals surface area contributed by atoms with Gasteiger partial charge in [-0.1, -0.05) is 19.3 Å². The molecule has 3 nitrogen and oxygen atoms in total. The van der Waals surface area contributed by atoms with Gasteiger partial charge in [-0.15, -0.1) is 0 Å². The summed E-state index contributed by atoms with van der Waals surface area (Å²) < 4.78 is 4.77. The summed E-state index contributed by atoms with van der Waals surface area (Å²) in [6.45, 7) is 6.91. The number of esters is 1. The molecular formula is C13H20O3. The molecule has 0 unspecified atom stereocenters. The fourth-order valence-corrected chi connectivity index (χ4v) is 2.10. The third kappa shape index (κ3) is 4.77. The van der Waals surface area contributed by atoms with Gasteiger partial charge in [0.25, 0.3) is 0 Å². The molecule has 1 aliphatic rings. The topological polar surface area (TPSA) is 43.4 Å². The average Bonchev–Trinajstić information content (AvgIpc) is 2.26. The zero-order valence-electron chi connectivity index (χ0n) is 9.74. The lowest BCUT2D eigenvalue weighted by atomic mass is 9.85. The second kappa shape index (κ2) is 6.66. The first-order valence-electron chi connectivity index (χ1n) is 5.98. The van der Waals surface area contributed by atoms with Gasteiger partial charge in [0.05, 0.1) is 6.42 Å². The van der Waals surface area contributed by atoms with Crippen LogP contribution in [0, 0.1) is 19.8 Å². The summed E-state index contributed by atoms with van der Waals surface area (Å²) in [7, 11) is 0. The number of hydrogen-bond acceptors (Lipinski definition) is 3. The van der Waals surface area contributed by atoms with Crippen LogP contribution in [0.15, 0.2) is 0 Å². The Morgan fingerprint density at radius 1 is 1.12 bits per heavy atom. The van der Waals surface area contributed by atoms with Crippen LogP contribution in [0.5, 0.6) is 0 Å². The van der Waals surface area contributed by atoms with Crippen LogP contribution in [0.2, 0.25) is 0 Å². The number of ether oxygens (including phenoxy) is 1. The molecule has 0 aliphatic heterocycles. The van der Waals surface area contributed by atoms with Crippen LogP contribution in [0.3, 0.4) is 0 Å². The van der Waals surface area contributed by atoms with E-state index in [1.165, 1.54) is 6.42 Å². The third-order valence-electron chi connectivity index (χ3n) is 2.93. The van der Waals surface area contributed by atoms with E-state index in [1.807, 2.05) is 0 Å². The summed E-state index contributed by atoms with van der Waals surface area (Å²) in [5.74, 6) is 0.0114. The van der Waals surface area contributed by atoms with Gasteiger partial charge >= 0.3 is 5.97 Å².